The molecule has 0 heterocycles. The van der Waals surface area contributed by atoms with E-state index in [9.17, 15) is 0 Å². The van der Waals surface area contributed by atoms with Gasteiger partial charge in [-0.2, -0.15) is 0 Å². The monoisotopic (exact) mass is 187 g/mol. The molecule has 0 aromatic rings. The Kier molecular flexibility index (Phi) is 8.46. The van der Waals surface area contributed by atoms with Crippen molar-refractivity contribution in [2.75, 3.05) is 20.3 Å². The number of nitrogens with one attached hydrogen (secondary N) is 1. The second-order valence-electron chi connectivity index (χ2n) is 3.84. The number of ether oxygens (including phenoxy) is 1. The van der Waals surface area contributed by atoms with Crippen LogP contribution < -0.4 is 5.32 Å². The van der Waals surface area contributed by atoms with E-state index in [-0.39, 0.29) is 0 Å². The standard InChI is InChI=1S/C11H25NO/c1-5-7-10(3)8-11(9-13-4)12-6-2/h10-12H,5-9H2,1-4H3. The van der Waals surface area contributed by atoms with E-state index in [4.69, 9.17) is 4.74 Å². The van der Waals surface area contributed by atoms with Crippen molar-refractivity contribution in [2.24, 2.45) is 5.92 Å². The van der Waals surface area contributed by atoms with E-state index < -0.39 is 0 Å². The van der Waals surface area contributed by atoms with Gasteiger partial charge < -0.3 is 10.1 Å². The van der Waals surface area contributed by atoms with E-state index in [1.807, 2.05) is 0 Å². The fourth-order valence-electron chi connectivity index (χ4n) is 1.80. The zero-order chi connectivity index (χ0) is 10.1. The molecule has 0 aromatic heterocycles. The summed E-state index contributed by atoms with van der Waals surface area (Å²) in [6.07, 6.45) is 3.84. The van der Waals surface area contributed by atoms with Crippen LogP contribution in [-0.2, 0) is 4.74 Å². The Morgan fingerprint density at radius 2 is 2.00 bits per heavy atom. The number of hydrogen-bond donors (Lipinski definition) is 1. The predicted octanol–water partition coefficient (Wildman–Crippen LogP) is 2.44. The summed E-state index contributed by atoms with van der Waals surface area (Å²) in [5.74, 6) is 0.809. The van der Waals surface area contributed by atoms with Gasteiger partial charge in [-0.15, -0.1) is 0 Å². The summed E-state index contributed by atoms with van der Waals surface area (Å²) in [6.45, 7) is 8.58. The Labute approximate surface area is 83.1 Å². The highest BCUT2D eigenvalue weighted by Crippen LogP contribution is 2.12. The average Bonchev–Trinajstić information content (AvgIpc) is 2.05. The summed E-state index contributed by atoms with van der Waals surface area (Å²) in [4.78, 5) is 0. The Balaban J connectivity index is 3.64. The summed E-state index contributed by atoms with van der Waals surface area (Å²) >= 11 is 0. The van der Waals surface area contributed by atoms with Crippen molar-refractivity contribution in [2.45, 2.75) is 46.1 Å². The average molecular weight is 187 g/mol. The summed E-state index contributed by atoms with van der Waals surface area (Å²) in [7, 11) is 1.77. The van der Waals surface area contributed by atoms with Crippen LogP contribution in [0.1, 0.15) is 40.0 Å². The highest BCUT2D eigenvalue weighted by atomic mass is 16.5. The Bertz CT molecular complexity index is 100. The van der Waals surface area contributed by atoms with Crippen LogP contribution in [0.2, 0.25) is 0 Å². The van der Waals surface area contributed by atoms with Gasteiger partial charge in [-0.25, -0.2) is 0 Å². The van der Waals surface area contributed by atoms with Crippen LogP contribution in [-0.4, -0.2) is 26.3 Å². The molecule has 13 heavy (non-hydrogen) atoms. The summed E-state index contributed by atoms with van der Waals surface area (Å²) in [5.41, 5.74) is 0. The zero-order valence-corrected chi connectivity index (χ0v) is 9.60. The Morgan fingerprint density at radius 3 is 2.46 bits per heavy atom. The van der Waals surface area contributed by atoms with Gasteiger partial charge in [0.15, 0.2) is 0 Å². The molecule has 2 unspecified atom stereocenters. The van der Waals surface area contributed by atoms with Gasteiger partial charge in [0, 0.05) is 13.2 Å². The topological polar surface area (TPSA) is 21.3 Å². The van der Waals surface area contributed by atoms with Gasteiger partial charge in [-0.3, -0.25) is 0 Å². The molecule has 80 valence electrons. The van der Waals surface area contributed by atoms with Crippen LogP contribution in [0.15, 0.2) is 0 Å². The molecule has 0 aliphatic carbocycles. The number of likely N-dealkylation sites (N-methyl/N-ethyl adjacent to an activating group) is 1. The van der Waals surface area contributed by atoms with E-state index in [0.29, 0.717) is 6.04 Å². The second-order valence-corrected chi connectivity index (χ2v) is 3.84. The fourth-order valence-corrected chi connectivity index (χ4v) is 1.80. The Hall–Kier alpha value is -0.0800. The first-order chi connectivity index (χ1) is 6.24. The molecule has 0 aliphatic rings. The van der Waals surface area contributed by atoms with E-state index in [1.165, 1.54) is 19.3 Å². The lowest BCUT2D eigenvalue weighted by Crippen LogP contribution is -2.34. The molecule has 1 N–H and O–H groups in total. The molecule has 0 saturated carbocycles. The highest BCUT2D eigenvalue weighted by molar-refractivity contribution is 4.68. The van der Waals surface area contributed by atoms with Crippen molar-refractivity contribution >= 4 is 0 Å². The molecular weight excluding hydrogens is 162 g/mol. The minimum Gasteiger partial charge on any atom is -0.383 e. The first-order valence-corrected chi connectivity index (χ1v) is 5.46. The second kappa shape index (κ2) is 8.52. The van der Waals surface area contributed by atoms with Crippen molar-refractivity contribution < 1.29 is 4.74 Å². The third-order valence-corrected chi connectivity index (χ3v) is 2.33. The van der Waals surface area contributed by atoms with Gasteiger partial charge in [0.1, 0.15) is 0 Å². The number of rotatable bonds is 8. The molecule has 0 amide bonds. The van der Waals surface area contributed by atoms with Gasteiger partial charge in [-0.1, -0.05) is 33.6 Å². The molecule has 0 fully saturated rings. The van der Waals surface area contributed by atoms with Crippen molar-refractivity contribution in [1.82, 2.24) is 5.32 Å². The molecule has 0 aliphatic heterocycles. The van der Waals surface area contributed by atoms with Gasteiger partial charge in [-0.05, 0) is 18.9 Å². The predicted molar refractivity (Wildman–Crippen MR) is 58.0 cm³/mol. The van der Waals surface area contributed by atoms with Crippen LogP contribution >= 0.6 is 0 Å². The maximum atomic E-state index is 5.17. The summed E-state index contributed by atoms with van der Waals surface area (Å²) < 4.78 is 5.17. The summed E-state index contributed by atoms with van der Waals surface area (Å²) in [6, 6.07) is 0.538. The molecule has 2 atom stereocenters. The van der Waals surface area contributed by atoms with Crippen LogP contribution in [0, 0.1) is 5.92 Å². The lowest BCUT2D eigenvalue weighted by molar-refractivity contribution is 0.155. The fraction of sp³-hybridized carbons (Fsp3) is 1.00. The molecule has 0 radical (unpaired) electrons. The van der Waals surface area contributed by atoms with Gasteiger partial charge in [0.2, 0.25) is 0 Å². The zero-order valence-electron chi connectivity index (χ0n) is 9.60. The van der Waals surface area contributed by atoms with Crippen molar-refractivity contribution in [1.29, 1.82) is 0 Å². The first-order valence-electron chi connectivity index (χ1n) is 5.46. The third-order valence-electron chi connectivity index (χ3n) is 2.33. The van der Waals surface area contributed by atoms with Crippen LogP contribution in [0.4, 0.5) is 0 Å². The quantitative estimate of drug-likeness (QED) is 0.630. The lowest BCUT2D eigenvalue weighted by Gasteiger charge is -2.20. The summed E-state index contributed by atoms with van der Waals surface area (Å²) in [5, 5.41) is 3.45. The van der Waals surface area contributed by atoms with E-state index in [0.717, 1.165) is 19.1 Å². The minimum atomic E-state index is 0.538. The van der Waals surface area contributed by atoms with Gasteiger partial charge in [0.25, 0.3) is 0 Å². The van der Waals surface area contributed by atoms with Gasteiger partial charge >= 0.3 is 0 Å². The van der Waals surface area contributed by atoms with Crippen LogP contribution in [0.3, 0.4) is 0 Å². The number of methoxy groups -OCH3 is 1. The molecule has 0 saturated heterocycles. The Morgan fingerprint density at radius 1 is 1.31 bits per heavy atom. The van der Waals surface area contributed by atoms with E-state index in [1.54, 1.807) is 7.11 Å². The smallest absolute Gasteiger partial charge is 0.0615 e. The molecule has 0 rings (SSSR count). The molecule has 0 aromatic carbocycles. The lowest BCUT2D eigenvalue weighted by atomic mass is 9.97. The molecule has 0 spiro atoms. The van der Waals surface area contributed by atoms with Crippen molar-refractivity contribution in [3.8, 4) is 0 Å². The largest absolute Gasteiger partial charge is 0.383 e. The molecule has 2 heteroatoms. The van der Waals surface area contributed by atoms with Crippen LogP contribution in [0.25, 0.3) is 0 Å². The molecule has 2 nitrogen and oxygen atoms in total. The van der Waals surface area contributed by atoms with Crippen LogP contribution in [0.5, 0.6) is 0 Å². The van der Waals surface area contributed by atoms with Gasteiger partial charge in [0.05, 0.1) is 6.61 Å². The molecule has 0 bridgehead atoms. The maximum absolute atomic E-state index is 5.17. The third kappa shape index (κ3) is 7.03. The SMILES string of the molecule is CCCC(C)CC(COC)NCC. The van der Waals surface area contributed by atoms with E-state index >= 15 is 0 Å². The van der Waals surface area contributed by atoms with Crippen molar-refractivity contribution in [3.05, 3.63) is 0 Å². The number of hydrogen-bond acceptors (Lipinski definition) is 2. The first kappa shape index (κ1) is 12.9. The van der Waals surface area contributed by atoms with Crippen molar-refractivity contribution in [3.63, 3.8) is 0 Å². The highest BCUT2D eigenvalue weighted by Gasteiger charge is 2.10. The molecular formula is C11H25NO. The normalized spacial score (nSPS) is 15.7. The minimum absolute atomic E-state index is 0.538. The van der Waals surface area contributed by atoms with E-state index in [2.05, 4.69) is 26.1 Å². The maximum Gasteiger partial charge on any atom is 0.0615 e.